The van der Waals surface area contributed by atoms with Crippen molar-refractivity contribution in [2.24, 2.45) is 0 Å². The molecule has 2 nitrogen and oxygen atoms in total. The van der Waals surface area contributed by atoms with Crippen molar-refractivity contribution >= 4 is 0 Å². The third-order valence-corrected chi connectivity index (χ3v) is 3.89. The molecule has 2 heteroatoms. The Bertz CT molecular complexity index is 515. The van der Waals surface area contributed by atoms with Gasteiger partial charge in [-0.1, -0.05) is 54.6 Å². The van der Waals surface area contributed by atoms with Crippen molar-refractivity contribution in [3.05, 3.63) is 60.2 Å². The first-order valence-corrected chi connectivity index (χ1v) is 7.49. The summed E-state index contributed by atoms with van der Waals surface area (Å²) < 4.78 is 5.64. The lowest BCUT2D eigenvalue weighted by atomic mass is 10.0. The highest BCUT2D eigenvalue weighted by Crippen LogP contribution is 2.18. The van der Waals surface area contributed by atoms with Gasteiger partial charge in [0.1, 0.15) is 19.2 Å². The van der Waals surface area contributed by atoms with Crippen LogP contribution in [-0.4, -0.2) is 19.3 Å². The molecule has 0 saturated carbocycles. The Hall–Kier alpha value is -1.64. The van der Waals surface area contributed by atoms with Crippen molar-refractivity contribution in [2.45, 2.75) is 25.5 Å². The Morgan fingerprint density at radius 2 is 1.70 bits per heavy atom. The third kappa shape index (κ3) is 3.47. The Labute approximate surface area is 120 Å². The van der Waals surface area contributed by atoms with E-state index in [0.29, 0.717) is 6.10 Å². The fourth-order valence-electron chi connectivity index (χ4n) is 2.73. The van der Waals surface area contributed by atoms with Crippen LogP contribution in [-0.2, 0) is 11.3 Å². The van der Waals surface area contributed by atoms with Crippen molar-refractivity contribution in [1.82, 2.24) is 0 Å². The molecule has 0 aromatic heterocycles. The summed E-state index contributed by atoms with van der Waals surface area (Å²) in [5.41, 5.74) is 3.94. The van der Waals surface area contributed by atoms with E-state index in [1.807, 2.05) is 0 Å². The first kappa shape index (κ1) is 13.3. The average molecular weight is 268 g/mol. The second-order valence-electron chi connectivity index (χ2n) is 5.43. The van der Waals surface area contributed by atoms with E-state index >= 15 is 0 Å². The lowest BCUT2D eigenvalue weighted by Crippen LogP contribution is -2.84. The molecule has 2 aromatic rings. The van der Waals surface area contributed by atoms with Gasteiger partial charge in [-0.3, -0.25) is 0 Å². The second-order valence-corrected chi connectivity index (χ2v) is 5.43. The van der Waals surface area contributed by atoms with Gasteiger partial charge in [-0.2, -0.15) is 0 Å². The van der Waals surface area contributed by atoms with E-state index in [2.05, 4.69) is 59.9 Å². The minimum atomic E-state index is 0.471. The van der Waals surface area contributed by atoms with E-state index in [4.69, 9.17) is 4.74 Å². The molecule has 3 rings (SSSR count). The molecular formula is C18H22NO+. The van der Waals surface area contributed by atoms with Crippen LogP contribution in [0.2, 0.25) is 0 Å². The Kier molecular flexibility index (Phi) is 4.46. The molecule has 2 N–H and O–H groups in total. The molecule has 1 aliphatic rings. The number of quaternary nitrogens is 1. The van der Waals surface area contributed by atoms with Gasteiger partial charge in [0, 0.05) is 12.2 Å². The molecular weight excluding hydrogens is 246 g/mol. The number of rotatable bonds is 5. The predicted octanol–water partition coefficient (Wildman–Crippen LogP) is 2.60. The Morgan fingerprint density at radius 1 is 0.950 bits per heavy atom. The van der Waals surface area contributed by atoms with Crippen LogP contribution >= 0.6 is 0 Å². The zero-order valence-electron chi connectivity index (χ0n) is 11.8. The number of benzene rings is 2. The fraction of sp³-hybridized carbons (Fsp3) is 0.333. The van der Waals surface area contributed by atoms with Crippen LogP contribution in [0.25, 0.3) is 11.1 Å². The molecule has 0 aliphatic carbocycles. The molecule has 1 aliphatic heterocycles. The second kappa shape index (κ2) is 6.69. The molecule has 1 fully saturated rings. The standard InChI is InChI=1S/C18H21NO/c1-2-5-16(6-3-1)17-10-8-15(9-11-17)13-19-14-18-7-4-12-20-18/h1-3,5-6,8-11,18-19H,4,7,12-14H2/p+1/t18-/m0/s1. The predicted molar refractivity (Wildman–Crippen MR) is 81.3 cm³/mol. The van der Waals surface area contributed by atoms with E-state index in [9.17, 15) is 0 Å². The van der Waals surface area contributed by atoms with Gasteiger partial charge in [0.25, 0.3) is 0 Å². The summed E-state index contributed by atoms with van der Waals surface area (Å²) in [4.78, 5) is 0. The maximum Gasteiger partial charge on any atom is 0.106 e. The van der Waals surface area contributed by atoms with E-state index < -0.39 is 0 Å². The summed E-state index contributed by atoms with van der Waals surface area (Å²) in [6.07, 6.45) is 2.92. The summed E-state index contributed by atoms with van der Waals surface area (Å²) in [6, 6.07) is 19.4. The highest BCUT2D eigenvalue weighted by molar-refractivity contribution is 5.63. The topological polar surface area (TPSA) is 25.8 Å². The van der Waals surface area contributed by atoms with Gasteiger partial charge in [0.2, 0.25) is 0 Å². The van der Waals surface area contributed by atoms with Crippen molar-refractivity contribution in [2.75, 3.05) is 13.2 Å². The molecule has 104 valence electrons. The van der Waals surface area contributed by atoms with Crippen LogP contribution in [0.3, 0.4) is 0 Å². The van der Waals surface area contributed by atoms with Gasteiger partial charge in [-0.05, 0) is 24.0 Å². The molecule has 0 unspecified atom stereocenters. The smallest absolute Gasteiger partial charge is 0.106 e. The molecule has 20 heavy (non-hydrogen) atoms. The van der Waals surface area contributed by atoms with Gasteiger partial charge >= 0.3 is 0 Å². The first-order valence-electron chi connectivity index (χ1n) is 7.49. The lowest BCUT2D eigenvalue weighted by Gasteiger charge is -2.08. The SMILES string of the molecule is c1ccc(-c2ccc(C[NH2+]C[C@@H]3CCCO3)cc2)cc1. The van der Waals surface area contributed by atoms with E-state index in [0.717, 1.165) is 19.7 Å². The van der Waals surface area contributed by atoms with Gasteiger partial charge in [0.15, 0.2) is 0 Å². The lowest BCUT2D eigenvalue weighted by molar-refractivity contribution is -0.676. The maximum atomic E-state index is 5.64. The zero-order valence-corrected chi connectivity index (χ0v) is 11.8. The number of hydrogen-bond acceptors (Lipinski definition) is 1. The summed E-state index contributed by atoms with van der Waals surface area (Å²) in [6.45, 7) is 3.07. The van der Waals surface area contributed by atoms with Crippen LogP contribution in [0.1, 0.15) is 18.4 Å². The molecule has 1 atom stereocenters. The maximum absolute atomic E-state index is 5.64. The summed E-state index contributed by atoms with van der Waals surface area (Å²) >= 11 is 0. The molecule has 0 spiro atoms. The van der Waals surface area contributed by atoms with Crippen LogP contribution in [0.15, 0.2) is 54.6 Å². The third-order valence-electron chi connectivity index (χ3n) is 3.89. The Balaban J connectivity index is 1.53. The van der Waals surface area contributed by atoms with Crippen LogP contribution in [0.4, 0.5) is 0 Å². The van der Waals surface area contributed by atoms with Crippen LogP contribution < -0.4 is 5.32 Å². The first-order chi connectivity index (χ1) is 9.92. The largest absolute Gasteiger partial charge is 0.372 e. The van der Waals surface area contributed by atoms with Crippen LogP contribution in [0, 0.1) is 0 Å². The molecule has 2 aromatic carbocycles. The van der Waals surface area contributed by atoms with Crippen LogP contribution in [0.5, 0.6) is 0 Å². The van der Waals surface area contributed by atoms with Crippen molar-refractivity contribution in [1.29, 1.82) is 0 Å². The molecule has 1 heterocycles. The zero-order chi connectivity index (χ0) is 13.6. The number of hydrogen-bond donors (Lipinski definition) is 1. The van der Waals surface area contributed by atoms with Crippen molar-refractivity contribution in [3.8, 4) is 11.1 Å². The molecule has 1 saturated heterocycles. The van der Waals surface area contributed by atoms with Crippen molar-refractivity contribution in [3.63, 3.8) is 0 Å². The minimum Gasteiger partial charge on any atom is -0.372 e. The monoisotopic (exact) mass is 268 g/mol. The quantitative estimate of drug-likeness (QED) is 0.886. The average Bonchev–Trinajstić information content (AvgIpc) is 3.02. The van der Waals surface area contributed by atoms with Gasteiger partial charge in [-0.15, -0.1) is 0 Å². The number of ether oxygens (including phenoxy) is 1. The summed E-state index contributed by atoms with van der Waals surface area (Å²) in [5, 5.41) is 2.35. The van der Waals surface area contributed by atoms with E-state index in [1.54, 1.807) is 0 Å². The fourth-order valence-corrected chi connectivity index (χ4v) is 2.73. The molecule has 0 bridgehead atoms. The highest BCUT2D eigenvalue weighted by Gasteiger charge is 2.16. The normalized spacial score (nSPS) is 18.3. The van der Waals surface area contributed by atoms with E-state index in [-0.39, 0.29) is 0 Å². The molecule has 0 amide bonds. The summed E-state index contributed by atoms with van der Waals surface area (Å²) in [5.74, 6) is 0. The van der Waals surface area contributed by atoms with Gasteiger partial charge in [-0.25, -0.2) is 0 Å². The van der Waals surface area contributed by atoms with E-state index in [1.165, 1.54) is 29.5 Å². The highest BCUT2D eigenvalue weighted by atomic mass is 16.5. The minimum absolute atomic E-state index is 0.471. The summed E-state index contributed by atoms with van der Waals surface area (Å²) in [7, 11) is 0. The van der Waals surface area contributed by atoms with Gasteiger partial charge < -0.3 is 10.1 Å². The van der Waals surface area contributed by atoms with Gasteiger partial charge in [0.05, 0.1) is 0 Å². The molecule has 0 radical (unpaired) electrons. The Morgan fingerprint density at radius 3 is 2.40 bits per heavy atom. The van der Waals surface area contributed by atoms with Crippen molar-refractivity contribution < 1.29 is 10.1 Å². The number of nitrogens with two attached hydrogens (primary N) is 1.